The summed E-state index contributed by atoms with van der Waals surface area (Å²) in [5.74, 6) is 1.06. The van der Waals surface area contributed by atoms with E-state index in [0.29, 0.717) is 6.04 Å². The van der Waals surface area contributed by atoms with Crippen molar-refractivity contribution < 1.29 is 4.74 Å². The number of fused-ring (bicyclic) bond motifs is 1. The minimum absolute atomic E-state index is 0.637. The highest BCUT2D eigenvalue weighted by atomic mass is 16.5. The zero-order valence-electron chi connectivity index (χ0n) is 13.6. The molecule has 1 aliphatic rings. The Morgan fingerprint density at radius 1 is 1.25 bits per heavy atom. The molecular weight excluding hydrogens is 248 g/mol. The minimum atomic E-state index is 0.637. The third-order valence-corrected chi connectivity index (χ3v) is 4.09. The van der Waals surface area contributed by atoms with Gasteiger partial charge in [-0.3, -0.25) is 4.90 Å². The lowest BCUT2D eigenvalue weighted by molar-refractivity contribution is 0.194. The molecular formula is C17H28N2O. The topological polar surface area (TPSA) is 15.7 Å². The van der Waals surface area contributed by atoms with Crippen molar-refractivity contribution in [3.8, 4) is 5.75 Å². The molecule has 20 heavy (non-hydrogen) atoms. The molecule has 0 saturated heterocycles. The maximum Gasteiger partial charge on any atom is 0.124 e. The van der Waals surface area contributed by atoms with E-state index in [-0.39, 0.29) is 0 Å². The Hall–Kier alpha value is -1.06. The lowest BCUT2D eigenvalue weighted by atomic mass is 9.92. The van der Waals surface area contributed by atoms with Gasteiger partial charge in [0.25, 0.3) is 0 Å². The van der Waals surface area contributed by atoms with Crippen LogP contribution >= 0.6 is 0 Å². The molecule has 0 N–H and O–H groups in total. The molecule has 1 heterocycles. The predicted molar refractivity (Wildman–Crippen MR) is 84.3 cm³/mol. The molecule has 0 radical (unpaired) electrons. The summed E-state index contributed by atoms with van der Waals surface area (Å²) in [5, 5.41) is 0. The first kappa shape index (κ1) is 15.3. The quantitative estimate of drug-likeness (QED) is 0.822. The van der Waals surface area contributed by atoms with Crippen LogP contribution in [0.25, 0.3) is 0 Å². The maximum absolute atomic E-state index is 5.85. The van der Waals surface area contributed by atoms with Crippen LogP contribution in [0, 0.1) is 0 Å². The van der Waals surface area contributed by atoms with Crippen LogP contribution in [0.3, 0.4) is 0 Å². The number of hydrogen-bond acceptors (Lipinski definition) is 3. The molecule has 3 heteroatoms. The number of likely N-dealkylation sites (N-methyl/N-ethyl adjacent to an activating group) is 1. The lowest BCUT2D eigenvalue weighted by Gasteiger charge is -2.34. The Labute approximate surface area is 123 Å². The second-order valence-corrected chi connectivity index (χ2v) is 6.02. The van der Waals surface area contributed by atoms with E-state index >= 15 is 0 Å². The van der Waals surface area contributed by atoms with Crippen LogP contribution in [0.4, 0.5) is 0 Å². The summed E-state index contributed by atoms with van der Waals surface area (Å²) >= 11 is 0. The van der Waals surface area contributed by atoms with Gasteiger partial charge < -0.3 is 9.64 Å². The van der Waals surface area contributed by atoms with E-state index in [2.05, 4.69) is 56.8 Å². The molecule has 0 saturated carbocycles. The molecule has 1 unspecified atom stereocenters. The second kappa shape index (κ2) is 6.59. The Morgan fingerprint density at radius 2 is 2.00 bits per heavy atom. The number of nitrogens with zero attached hydrogens (tertiary/aromatic N) is 2. The molecule has 1 aromatic carbocycles. The molecule has 0 bridgehead atoms. The SMILES string of the molecule is CCOc1cc2c(cc1CN(C)C)CC(C)N(CC)C2. The van der Waals surface area contributed by atoms with Crippen molar-refractivity contribution in [1.29, 1.82) is 0 Å². The van der Waals surface area contributed by atoms with Gasteiger partial charge in [-0.1, -0.05) is 13.0 Å². The van der Waals surface area contributed by atoms with Gasteiger partial charge in [0.05, 0.1) is 6.61 Å². The largest absolute Gasteiger partial charge is 0.494 e. The molecule has 0 fully saturated rings. The summed E-state index contributed by atoms with van der Waals surface area (Å²) < 4.78 is 5.85. The van der Waals surface area contributed by atoms with E-state index in [1.165, 1.54) is 16.7 Å². The monoisotopic (exact) mass is 276 g/mol. The fourth-order valence-corrected chi connectivity index (χ4v) is 3.05. The van der Waals surface area contributed by atoms with E-state index in [4.69, 9.17) is 4.74 Å². The molecule has 1 atom stereocenters. The van der Waals surface area contributed by atoms with Crippen molar-refractivity contribution in [3.63, 3.8) is 0 Å². The van der Waals surface area contributed by atoms with Crippen LogP contribution in [0.15, 0.2) is 12.1 Å². The molecule has 1 aliphatic heterocycles. The first-order valence-corrected chi connectivity index (χ1v) is 7.71. The molecule has 0 aliphatic carbocycles. The molecule has 0 spiro atoms. The third kappa shape index (κ3) is 3.33. The van der Waals surface area contributed by atoms with Crippen molar-refractivity contribution in [2.24, 2.45) is 0 Å². The lowest BCUT2D eigenvalue weighted by Crippen LogP contribution is -2.38. The van der Waals surface area contributed by atoms with Gasteiger partial charge in [0, 0.05) is 24.7 Å². The maximum atomic E-state index is 5.85. The van der Waals surface area contributed by atoms with Gasteiger partial charge in [-0.05, 0) is 58.1 Å². The van der Waals surface area contributed by atoms with Gasteiger partial charge >= 0.3 is 0 Å². The summed E-state index contributed by atoms with van der Waals surface area (Å²) in [7, 11) is 4.22. The van der Waals surface area contributed by atoms with Gasteiger partial charge in [0.2, 0.25) is 0 Å². The number of rotatable bonds is 5. The van der Waals surface area contributed by atoms with Crippen LogP contribution in [-0.4, -0.2) is 43.1 Å². The number of ether oxygens (including phenoxy) is 1. The Morgan fingerprint density at radius 3 is 2.60 bits per heavy atom. The Balaban J connectivity index is 2.34. The molecule has 112 valence electrons. The summed E-state index contributed by atoms with van der Waals surface area (Å²) in [6, 6.07) is 5.27. The summed E-state index contributed by atoms with van der Waals surface area (Å²) in [6.45, 7) is 10.5. The van der Waals surface area contributed by atoms with Crippen LogP contribution < -0.4 is 4.74 Å². The summed E-state index contributed by atoms with van der Waals surface area (Å²) in [5.41, 5.74) is 4.26. The van der Waals surface area contributed by atoms with Gasteiger partial charge in [0.1, 0.15) is 5.75 Å². The summed E-state index contributed by atoms with van der Waals surface area (Å²) in [4.78, 5) is 4.73. The first-order chi connectivity index (χ1) is 9.55. The highest BCUT2D eigenvalue weighted by molar-refractivity contribution is 5.44. The fourth-order valence-electron chi connectivity index (χ4n) is 3.05. The van der Waals surface area contributed by atoms with Crippen molar-refractivity contribution in [2.75, 3.05) is 27.2 Å². The van der Waals surface area contributed by atoms with Crippen LogP contribution in [0.5, 0.6) is 5.75 Å². The van der Waals surface area contributed by atoms with Crippen molar-refractivity contribution in [3.05, 3.63) is 28.8 Å². The third-order valence-electron chi connectivity index (χ3n) is 4.09. The average molecular weight is 276 g/mol. The van der Waals surface area contributed by atoms with Gasteiger partial charge in [0.15, 0.2) is 0 Å². The van der Waals surface area contributed by atoms with Crippen LogP contribution in [0.1, 0.15) is 37.5 Å². The normalized spacial score (nSPS) is 19.2. The number of hydrogen-bond donors (Lipinski definition) is 0. The molecule has 0 amide bonds. The van der Waals surface area contributed by atoms with Crippen molar-refractivity contribution in [2.45, 2.75) is 46.3 Å². The minimum Gasteiger partial charge on any atom is -0.494 e. The van der Waals surface area contributed by atoms with Crippen molar-refractivity contribution >= 4 is 0 Å². The zero-order valence-corrected chi connectivity index (χ0v) is 13.6. The van der Waals surface area contributed by atoms with E-state index < -0.39 is 0 Å². The van der Waals surface area contributed by atoms with Gasteiger partial charge in [-0.25, -0.2) is 0 Å². The molecule has 3 nitrogen and oxygen atoms in total. The van der Waals surface area contributed by atoms with Gasteiger partial charge in [-0.2, -0.15) is 0 Å². The molecule has 1 aromatic rings. The van der Waals surface area contributed by atoms with Crippen LogP contribution in [0.2, 0.25) is 0 Å². The first-order valence-electron chi connectivity index (χ1n) is 7.71. The van der Waals surface area contributed by atoms with E-state index in [9.17, 15) is 0 Å². The van der Waals surface area contributed by atoms with Crippen molar-refractivity contribution in [1.82, 2.24) is 9.80 Å². The van der Waals surface area contributed by atoms with Gasteiger partial charge in [-0.15, -0.1) is 0 Å². The average Bonchev–Trinajstić information content (AvgIpc) is 2.39. The smallest absolute Gasteiger partial charge is 0.124 e. The number of benzene rings is 1. The molecule has 2 rings (SSSR count). The molecule has 0 aromatic heterocycles. The zero-order chi connectivity index (χ0) is 14.7. The predicted octanol–water partition coefficient (Wildman–Crippen LogP) is 2.91. The fraction of sp³-hybridized carbons (Fsp3) is 0.647. The highest BCUT2D eigenvalue weighted by Gasteiger charge is 2.23. The van der Waals surface area contributed by atoms with E-state index in [1.807, 2.05) is 0 Å². The standard InChI is InChI=1S/C17H28N2O/c1-6-19-12-15-10-17(20-7-2)16(11-18(4)5)9-14(15)8-13(19)3/h9-10,13H,6-8,11-12H2,1-5H3. The Bertz CT molecular complexity index is 457. The second-order valence-electron chi connectivity index (χ2n) is 6.02. The van der Waals surface area contributed by atoms with Crippen LogP contribution in [-0.2, 0) is 19.5 Å². The summed E-state index contributed by atoms with van der Waals surface area (Å²) in [6.07, 6.45) is 1.15. The highest BCUT2D eigenvalue weighted by Crippen LogP contribution is 2.30. The van der Waals surface area contributed by atoms with E-state index in [1.54, 1.807) is 0 Å². The Kier molecular flexibility index (Phi) is 5.06. The van der Waals surface area contributed by atoms with E-state index in [0.717, 1.165) is 38.4 Å².